The standard InChI is InChI=1S/C15H9F2NO3/c1-21-12-7-8(6-11(16)13(12)17)18-14(19)9-4-2-3-5-10(9)15(18)20/h2-7H,1H3. The van der Waals surface area contributed by atoms with Crippen LogP contribution < -0.4 is 9.64 Å². The molecule has 0 atom stereocenters. The van der Waals surface area contributed by atoms with Gasteiger partial charge in [0.05, 0.1) is 23.9 Å². The summed E-state index contributed by atoms with van der Waals surface area (Å²) in [6, 6.07) is 8.16. The molecular weight excluding hydrogens is 280 g/mol. The lowest BCUT2D eigenvalue weighted by Crippen LogP contribution is -2.29. The minimum Gasteiger partial charge on any atom is -0.493 e. The summed E-state index contributed by atoms with van der Waals surface area (Å²) in [5, 5.41) is 0. The summed E-state index contributed by atoms with van der Waals surface area (Å²) in [6.45, 7) is 0. The molecule has 2 aromatic carbocycles. The number of carbonyl (C=O) groups is 2. The average Bonchev–Trinajstić information content (AvgIpc) is 2.74. The quantitative estimate of drug-likeness (QED) is 0.799. The van der Waals surface area contributed by atoms with E-state index in [0.717, 1.165) is 17.0 Å². The first-order valence-electron chi connectivity index (χ1n) is 6.05. The molecule has 0 unspecified atom stereocenters. The second-order valence-electron chi connectivity index (χ2n) is 4.44. The largest absolute Gasteiger partial charge is 0.493 e. The second-order valence-corrected chi connectivity index (χ2v) is 4.44. The number of rotatable bonds is 2. The molecule has 0 spiro atoms. The fraction of sp³-hybridized carbons (Fsp3) is 0.0667. The van der Waals surface area contributed by atoms with Crippen LogP contribution in [0.15, 0.2) is 36.4 Å². The first-order valence-corrected chi connectivity index (χ1v) is 6.05. The van der Waals surface area contributed by atoms with Gasteiger partial charge >= 0.3 is 0 Å². The van der Waals surface area contributed by atoms with Crippen LogP contribution in [-0.4, -0.2) is 18.9 Å². The van der Waals surface area contributed by atoms with Crippen LogP contribution >= 0.6 is 0 Å². The molecule has 0 saturated heterocycles. The molecule has 2 aromatic rings. The number of methoxy groups -OCH3 is 1. The number of amides is 2. The number of ether oxygens (including phenoxy) is 1. The van der Waals surface area contributed by atoms with Crippen molar-refractivity contribution in [3.63, 3.8) is 0 Å². The molecule has 1 aliphatic heterocycles. The Kier molecular flexibility index (Phi) is 2.94. The number of imide groups is 1. The van der Waals surface area contributed by atoms with Crippen molar-refractivity contribution < 1.29 is 23.1 Å². The van der Waals surface area contributed by atoms with Gasteiger partial charge in [0.2, 0.25) is 5.82 Å². The summed E-state index contributed by atoms with van der Waals surface area (Å²) in [4.78, 5) is 25.3. The molecule has 0 radical (unpaired) electrons. The SMILES string of the molecule is COc1cc(N2C(=O)c3ccccc3C2=O)cc(F)c1F. The number of hydrogen-bond acceptors (Lipinski definition) is 3. The van der Waals surface area contributed by atoms with Gasteiger partial charge in [0, 0.05) is 12.1 Å². The lowest BCUT2D eigenvalue weighted by molar-refractivity contribution is 0.0926. The number of hydrogen-bond donors (Lipinski definition) is 0. The highest BCUT2D eigenvalue weighted by Gasteiger charge is 2.37. The van der Waals surface area contributed by atoms with E-state index < -0.39 is 23.4 Å². The van der Waals surface area contributed by atoms with E-state index in [0.29, 0.717) is 0 Å². The van der Waals surface area contributed by atoms with Crippen molar-refractivity contribution in [2.45, 2.75) is 0 Å². The van der Waals surface area contributed by atoms with Crippen molar-refractivity contribution in [2.24, 2.45) is 0 Å². The molecule has 2 amide bonds. The van der Waals surface area contributed by atoms with Crippen LogP contribution in [0.2, 0.25) is 0 Å². The molecule has 1 heterocycles. The Labute approximate surface area is 118 Å². The smallest absolute Gasteiger partial charge is 0.266 e. The van der Waals surface area contributed by atoms with Crippen molar-refractivity contribution >= 4 is 17.5 Å². The van der Waals surface area contributed by atoms with Gasteiger partial charge in [-0.2, -0.15) is 4.39 Å². The molecule has 4 nitrogen and oxygen atoms in total. The maximum absolute atomic E-state index is 13.6. The van der Waals surface area contributed by atoms with Crippen LogP contribution in [0.3, 0.4) is 0 Å². The molecular formula is C15H9F2NO3. The van der Waals surface area contributed by atoms with Crippen molar-refractivity contribution in [2.75, 3.05) is 12.0 Å². The molecule has 0 aromatic heterocycles. The van der Waals surface area contributed by atoms with Crippen LogP contribution in [0, 0.1) is 11.6 Å². The predicted molar refractivity (Wildman–Crippen MR) is 70.5 cm³/mol. The third kappa shape index (κ3) is 1.87. The van der Waals surface area contributed by atoms with Gasteiger partial charge < -0.3 is 4.74 Å². The Morgan fingerprint density at radius 3 is 2.10 bits per heavy atom. The van der Waals surface area contributed by atoms with E-state index >= 15 is 0 Å². The first-order chi connectivity index (χ1) is 10.0. The van der Waals surface area contributed by atoms with E-state index in [1.54, 1.807) is 12.1 Å². The Hall–Kier alpha value is -2.76. The third-order valence-corrected chi connectivity index (χ3v) is 3.25. The van der Waals surface area contributed by atoms with Crippen molar-refractivity contribution in [1.29, 1.82) is 0 Å². The fourth-order valence-corrected chi connectivity index (χ4v) is 2.25. The average molecular weight is 289 g/mol. The zero-order valence-corrected chi connectivity index (χ0v) is 10.9. The molecule has 3 rings (SSSR count). The zero-order valence-electron chi connectivity index (χ0n) is 10.9. The van der Waals surface area contributed by atoms with Gasteiger partial charge in [0.25, 0.3) is 11.8 Å². The molecule has 0 N–H and O–H groups in total. The van der Waals surface area contributed by atoms with Gasteiger partial charge in [0.15, 0.2) is 11.6 Å². The molecule has 0 aliphatic carbocycles. The van der Waals surface area contributed by atoms with Gasteiger partial charge in [-0.3, -0.25) is 9.59 Å². The van der Waals surface area contributed by atoms with Gasteiger partial charge in [-0.25, -0.2) is 9.29 Å². The Morgan fingerprint density at radius 1 is 1.00 bits per heavy atom. The maximum Gasteiger partial charge on any atom is 0.266 e. The number of halogens is 2. The van der Waals surface area contributed by atoms with Crippen LogP contribution in [-0.2, 0) is 0 Å². The van der Waals surface area contributed by atoms with Crippen molar-refractivity contribution in [3.8, 4) is 5.75 Å². The molecule has 6 heteroatoms. The van der Waals surface area contributed by atoms with E-state index in [2.05, 4.69) is 0 Å². The predicted octanol–water partition coefficient (Wildman–Crippen LogP) is 2.77. The Bertz CT molecular complexity index is 739. The van der Waals surface area contributed by atoms with Crippen LogP contribution in [0.5, 0.6) is 5.75 Å². The van der Waals surface area contributed by atoms with Gasteiger partial charge in [-0.15, -0.1) is 0 Å². The Morgan fingerprint density at radius 2 is 1.57 bits per heavy atom. The molecule has 106 valence electrons. The van der Waals surface area contributed by atoms with Crippen LogP contribution in [0.4, 0.5) is 14.5 Å². The topological polar surface area (TPSA) is 46.6 Å². The van der Waals surface area contributed by atoms with Gasteiger partial charge in [-0.1, -0.05) is 12.1 Å². The Balaban J connectivity index is 2.13. The summed E-state index contributed by atoms with van der Waals surface area (Å²) in [7, 11) is 1.17. The number of anilines is 1. The number of carbonyl (C=O) groups excluding carboxylic acids is 2. The highest BCUT2D eigenvalue weighted by molar-refractivity contribution is 6.34. The first kappa shape index (κ1) is 13.2. The summed E-state index contributed by atoms with van der Waals surface area (Å²) < 4.78 is 31.7. The lowest BCUT2D eigenvalue weighted by atomic mass is 10.1. The molecule has 21 heavy (non-hydrogen) atoms. The maximum atomic E-state index is 13.6. The monoisotopic (exact) mass is 289 g/mol. The van der Waals surface area contributed by atoms with Crippen LogP contribution in [0.1, 0.15) is 20.7 Å². The minimum absolute atomic E-state index is 0.0723. The van der Waals surface area contributed by atoms with E-state index in [1.807, 2.05) is 0 Å². The van der Waals surface area contributed by atoms with Crippen molar-refractivity contribution in [1.82, 2.24) is 0 Å². The highest BCUT2D eigenvalue weighted by Crippen LogP contribution is 2.32. The highest BCUT2D eigenvalue weighted by atomic mass is 19.2. The van der Waals surface area contributed by atoms with E-state index in [9.17, 15) is 18.4 Å². The van der Waals surface area contributed by atoms with E-state index in [4.69, 9.17) is 4.74 Å². The van der Waals surface area contributed by atoms with Gasteiger partial charge in [0.1, 0.15) is 0 Å². The van der Waals surface area contributed by atoms with Crippen LogP contribution in [0.25, 0.3) is 0 Å². The number of nitrogens with zero attached hydrogens (tertiary/aromatic N) is 1. The summed E-state index contributed by atoms with van der Waals surface area (Å²) in [5.74, 6) is -3.90. The van der Waals surface area contributed by atoms with Gasteiger partial charge in [-0.05, 0) is 12.1 Å². The summed E-state index contributed by atoms with van der Waals surface area (Å²) in [5.41, 5.74) is 0.384. The van der Waals surface area contributed by atoms with Crippen molar-refractivity contribution in [3.05, 3.63) is 59.2 Å². The number of fused-ring (bicyclic) bond motifs is 1. The number of benzene rings is 2. The molecule has 0 saturated carbocycles. The second kappa shape index (κ2) is 4.66. The molecule has 1 aliphatic rings. The normalized spacial score (nSPS) is 13.6. The summed E-state index contributed by atoms with van der Waals surface area (Å²) >= 11 is 0. The minimum atomic E-state index is -1.19. The summed E-state index contributed by atoms with van der Waals surface area (Å²) in [6.07, 6.45) is 0. The third-order valence-electron chi connectivity index (χ3n) is 3.25. The van der Waals surface area contributed by atoms with E-state index in [-0.39, 0.29) is 22.6 Å². The lowest BCUT2D eigenvalue weighted by Gasteiger charge is -2.15. The molecule has 0 bridgehead atoms. The van der Waals surface area contributed by atoms with E-state index in [1.165, 1.54) is 19.2 Å². The zero-order chi connectivity index (χ0) is 15.1. The molecule has 0 fully saturated rings. The fourth-order valence-electron chi connectivity index (χ4n) is 2.25.